The largest absolute Gasteiger partial charge is 0.344 e. The molecule has 4 N–H and O–H groups in total. The summed E-state index contributed by atoms with van der Waals surface area (Å²) < 4.78 is 0. The highest BCUT2D eigenvalue weighted by Gasteiger charge is 2.52. The van der Waals surface area contributed by atoms with E-state index in [9.17, 15) is 14.4 Å². The molecule has 1 saturated heterocycles. The molecule has 2 aromatic carbocycles. The van der Waals surface area contributed by atoms with Crippen LogP contribution >= 0.6 is 11.6 Å². The van der Waals surface area contributed by atoms with Crippen molar-refractivity contribution in [2.24, 2.45) is 0 Å². The van der Waals surface area contributed by atoms with E-state index in [2.05, 4.69) is 10.7 Å². The van der Waals surface area contributed by atoms with Crippen LogP contribution in [0.1, 0.15) is 37.4 Å². The average molecular weight is 416 g/mol. The summed E-state index contributed by atoms with van der Waals surface area (Å²) in [6.07, 6.45) is 0.365. The molecule has 2 aromatic rings. The van der Waals surface area contributed by atoms with Crippen molar-refractivity contribution in [3.63, 3.8) is 0 Å². The first-order valence-corrected chi connectivity index (χ1v) is 9.86. The van der Waals surface area contributed by atoms with E-state index < -0.39 is 23.4 Å². The van der Waals surface area contributed by atoms with Crippen LogP contribution in [0.3, 0.4) is 0 Å². The molecule has 0 bridgehead atoms. The Kier molecular flexibility index (Phi) is 6.20. The number of carbonyl (C=O) groups excluding carboxylic acids is 3. The second-order valence-corrected chi connectivity index (χ2v) is 7.39. The second kappa shape index (κ2) is 8.63. The Balaban J connectivity index is 1.65. The fourth-order valence-corrected chi connectivity index (χ4v) is 3.77. The van der Waals surface area contributed by atoms with Gasteiger partial charge in [0.1, 0.15) is 11.6 Å². The highest BCUT2D eigenvalue weighted by molar-refractivity contribution is 6.31. The Labute approximate surface area is 174 Å². The molecule has 0 unspecified atom stereocenters. The maximum atomic E-state index is 13.0. The lowest BCUT2D eigenvalue weighted by Gasteiger charge is -2.25. The summed E-state index contributed by atoms with van der Waals surface area (Å²) in [6.45, 7) is 3.78. The highest BCUT2D eigenvalue weighted by Crippen LogP contribution is 2.31. The van der Waals surface area contributed by atoms with Crippen LogP contribution in [-0.4, -0.2) is 29.4 Å². The number of quaternary nitrogens is 1. The lowest BCUT2D eigenvalue weighted by atomic mass is 9.87. The van der Waals surface area contributed by atoms with Crippen LogP contribution in [0.4, 0.5) is 4.79 Å². The number of nitrogens with one attached hydrogen (secondary N) is 2. The molecule has 2 atom stereocenters. The molecular weight excluding hydrogens is 392 g/mol. The number of imide groups is 1. The second-order valence-electron chi connectivity index (χ2n) is 6.98. The molecule has 0 spiro atoms. The van der Waals surface area contributed by atoms with Gasteiger partial charge in [0.05, 0.1) is 0 Å². The monoisotopic (exact) mass is 415 g/mol. The number of halogens is 1. The number of benzene rings is 2. The van der Waals surface area contributed by atoms with E-state index in [4.69, 9.17) is 11.6 Å². The van der Waals surface area contributed by atoms with Gasteiger partial charge in [-0.05, 0) is 25.0 Å². The maximum Gasteiger partial charge on any atom is 0.344 e. The summed E-state index contributed by atoms with van der Waals surface area (Å²) in [5.41, 5.74) is 2.83. The lowest BCUT2D eigenvalue weighted by Crippen LogP contribution is -2.87. The minimum absolute atomic E-state index is 0.0356. The molecule has 3 rings (SSSR count). The van der Waals surface area contributed by atoms with Gasteiger partial charge >= 0.3 is 6.03 Å². The molecule has 0 aliphatic carbocycles. The summed E-state index contributed by atoms with van der Waals surface area (Å²) in [5.74, 6) is -0.948. The molecule has 152 valence electrons. The smallest absolute Gasteiger partial charge is 0.332 e. The predicted octanol–water partition coefficient (Wildman–Crippen LogP) is 1.85. The zero-order valence-electron chi connectivity index (χ0n) is 16.3. The first-order valence-electron chi connectivity index (χ1n) is 9.48. The molecule has 7 nitrogen and oxygen atoms in total. The fourth-order valence-electron chi connectivity index (χ4n) is 3.46. The third kappa shape index (κ3) is 4.11. The third-order valence-electron chi connectivity index (χ3n) is 5.18. The van der Waals surface area contributed by atoms with Gasteiger partial charge in [0, 0.05) is 10.6 Å². The first-order chi connectivity index (χ1) is 13.9. The van der Waals surface area contributed by atoms with Gasteiger partial charge < -0.3 is 10.6 Å². The third-order valence-corrected chi connectivity index (χ3v) is 5.52. The quantitative estimate of drug-likeness (QED) is 0.602. The molecular formula is C21H24ClN4O3+. The van der Waals surface area contributed by atoms with Crippen LogP contribution in [-0.2, 0) is 15.1 Å². The molecule has 1 fully saturated rings. The van der Waals surface area contributed by atoms with Gasteiger partial charge in [0.2, 0.25) is 0 Å². The van der Waals surface area contributed by atoms with Crippen molar-refractivity contribution in [1.82, 2.24) is 15.8 Å². The molecule has 0 aromatic heterocycles. The van der Waals surface area contributed by atoms with E-state index in [1.54, 1.807) is 35.6 Å². The Bertz CT molecular complexity index is 921. The number of hydrazine groups is 1. The van der Waals surface area contributed by atoms with E-state index in [0.29, 0.717) is 17.0 Å². The van der Waals surface area contributed by atoms with Crippen molar-refractivity contribution in [2.75, 3.05) is 6.54 Å². The molecule has 8 heteroatoms. The fraction of sp³-hybridized carbons (Fsp3) is 0.286. The van der Waals surface area contributed by atoms with E-state index in [-0.39, 0.29) is 12.6 Å². The normalized spacial score (nSPS) is 19.8. The van der Waals surface area contributed by atoms with Crippen molar-refractivity contribution in [1.29, 1.82) is 0 Å². The molecule has 29 heavy (non-hydrogen) atoms. The van der Waals surface area contributed by atoms with Gasteiger partial charge in [-0.25, -0.2) is 4.79 Å². The van der Waals surface area contributed by atoms with Crippen molar-refractivity contribution in [3.8, 4) is 0 Å². The van der Waals surface area contributed by atoms with Crippen molar-refractivity contribution in [2.45, 2.75) is 31.8 Å². The minimum Gasteiger partial charge on any atom is -0.332 e. The lowest BCUT2D eigenvalue weighted by molar-refractivity contribution is -0.682. The summed E-state index contributed by atoms with van der Waals surface area (Å²) >= 11 is 6.19. The van der Waals surface area contributed by atoms with Crippen molar-refractivity contribution < 1.29 is 19.7 Å². The van der Waals surface area contributed by atoms with Crippen LogP contribution in [0.15, 0.2) is 54.6 Å². The van der Waals surface area contributed by atoms with E-state index in [1.807, 2.05) is 38.1 Å². The highest BCUT2D eigenvalue weighted by atomic mass is 35.5. The minimum atomic E-state index is -1.18. The van der Waals surface area contributed by atoms with Crippen LogP contribution < -0.4 is 16.1 Å². The van der Waals surface area contributed by atoms with E-state index in [1.165, 1.54) is 0 Å². The van der Waals surface area contributed by atoms with Gasteiger partial charge in [-0.15, -0.1) is 0 Å². The van der Waals surface area contributed by atoms with Crippen LogP contribution in [0.25, 0.3) is 0 Å². The van der Waals surface area contributed by atoms with Crippen molar-refractivity contribution >= 4 is 29.4 Å². The molecule has 1 heterocycles. The number of rotatable bonds is 7. The standard InChI is InChI=1S/C21H23ClN4O3/c1-3-21(15-9-5-4-6-10-15)19(28)26(20(29)24-21)25-18(27)13-23-14(2)16-11-7-8-12-17(16)22/h4-12,14,23H,3,13H2,1-2H3,(H,24,29)(H,25,27)/p+1/t14-,21+/m0/s1. The van der Waals surface area contributed by atoms with Crippen molar-refractivity contribution in [3.05, 3.63) is 70.7 Å². The number of hydrogen-bond donors (Lipinski definition) is 3. The average Bonchev–Trinajstić information content (AvgIpc) is 2.98. The Morgan fingerprint density at radius 2 is 1.83 bits per heavy atom. The number of urea groups is 1. The maximum absolute atomic E-state index is 13.0. The first kappa shape index (κ1) is 20.8. The topological polar surface area (TPSA) is 95.1 Å². The predicted molar refractivity (Wildman–Crippen MR) is 109 cm³/mol. The van der Waals surface area contributed by atoms with Crippen LogP contribution in [0.2, 0.25) is 5.02 Å². The number of nitrogens with zero attached hydrogens (tertiary/aromatic N) is 1. The SMILES string of the molecule is CC[C@]1(c2ccccc2)NC(=O)N(NC(=O)C[NH2+][C@@H](C)c2ccccc2Cl)C1=O. The number of hydrogen-bond acceptors (Lipinski definition) is 3. The van der Waals surface area contributed by atoms with Gasteiger partial charge in [-0.2, -0.15) is 5.01 Å². The summed E-state index contributed by atoms with van der Waals surface area (Å²) in [7, 11) is 0. The summed E-state index contributed by atoms with van der Waals surface area (Å²) in [4.78, 5) is 37.8. The van der Waals surface area contributed by atoms with Gasteiger partial charge in [-0.3, -0.25) is 15.0 Å². The summed E-state index contributed by atoms with van der Waals surface area (Å²) in [6, 6.07) is 15.7. The Morgan fingerprint density at radius 1 is 1.17 bits per heavy atom. The Hall–Kier alpha value is -2.90. The molecule has 0 saturated carbocycles. The van der Waals surface area contributed by atoms with E-state index in [0.717, 1.165) is 10.6 Å². The zero-order valence-corrected chi connectivity index (χ0v) is 17.1. The number of nitrogens with two attached hydrogens (primary N) is 1. The van der Waals surface area contributed by atoms with Gasteiger partial charge in [-0.1, -0.05) is 67.1 Å². The number of carbonyl (C=O) groups is 3. The van der Waals surface area contributed by atoms with Crippen LogP contribution in [0, 0.1) is 0 Å². The molecule has 1 aliphatic heterocycles. The van der Waals surface area contributed by atoms with Crippen LogP contribution in [0.5, 0.6) is 0 Å². The molecule has 1 aliphatic rings. The van der Waals surface area contributed by atoms with E-state index >= 15 is 0 Å². The number of amides is 4. The van der Waals surface area contributed by atoms with Gasteiger partial charge in [0.25, 0.3) is 11.8 Å². The zero-order chi connectivity index (χ0) is 21.0. The Morgan fingerprint density at radius 3 is 2.48 bits per heavy atom. The van der Waals surface area contributed by atoms with Gasteiger partial charge in [0.15, 0.2) is 6.54 Å². The molecule has 0 radical (unpaired) electrons. The molecule has 4 amide bonds. The summed E-state index contributed by atoms with van der Waals surface area (Å²) in [5, 5.41) is 5.92.